The van der Waals surface area contributed by atoms with Gasteiger partial charge in [-0.1, -0.05) is 75.4 Å². The topological polar surface area (TPSA) is 66.8 Å². The maximum atomic E-state index is 12.4. The van der Waals surface area contributed by atoms with Crippen LogP contribution in [0.4, 0.5) is 0 Å². The lowest BCUT2D eigenvalue weighted by Crippen LogP contribution is -2.07. The number of aromatic hydroxyl groups is 2. The molecule has 0 aliphatic heterocycles. The lowest BCUT2D eigenvalue weighted by Gasteiger charge is -2.11. The number of carbonyl (C=O) groups excluding carboxylic acids is 1. The highest BCUT2D eigenvalue weighted by Gasteiger charge is 2.18. The van der Waals surface area contributed by atoms with Gasteiger partial charge in [-0.25, -0.2) is 4.79 Å². The van der Waals surface area contributed by atoms with Gasteiger partial charge in [0.25, 0.3) is 0 Å². The molecule has 0 radical (unpaired) electrons. The van der Waals surface area contributed by atoms with Crippen molar-refractivity contribution in [3.05, 3.63) is 60.2 Å². The number of hydrogen-bond acceptors (Lipinski definition) is 4. The number of benzene rings is 3. The molecule has 0 bridgehead atoms. The Kier molecular flexibility index (Phi) is 7.12. The van der Waals surface area contributed by atoms with E-state index < -0.39 is 5.97 Å². The molecule has 2 N–H and O–H groups in total. The van der Waals surface area contributed by atoms with Crippen LogP contribution in [0, 0.1) is 0 Å². The minimum Gasteiger partial charge on any atom is -0.507 e. The van der Waals surface area contributed by atoms with Gasteiger partial charge in [-0.05, 0) is 35.7 Å². The molecule has 0 fully saturated rings. The van der Waals surface area contributed by atoms with Gasteiger partial charge in [-0.2, -0.15) is 0 Å². The van der Waals surface area contributed by atoms with Crippen molar-refractivity contribution in [1.29, 1.82) is 0 Å². The lowest BCUT2D eigenvalue weighted by atomic mass is 9.98. The van der Waals surface area contributed by atoms with Gasteiger partial charge in [0.2, 0.25) is 0 Å². The number of hydrogen-bond donors (Lipinski definition) is 2. The summed E-state index contributed by atoms with van der Waals surface area (Å²) in [5.41, 5.74) is 1.93. The highest BCUT2D eigenvalue weighted by atomic mass is 16.5. The van der Waals surface area contributed by atoms with Crippen LogP contribution in [-0.2, 0) is 4.74 Å². The van der Waals surface area contributed by atoms with Gasteiger partial charge < -0.3 is 14.9 Å². The summed E-state index contributed by atoms with van der Waals surface area (Å²) in [6.07, 6.45) is 6.59. The second-order valence-electron chi connectivity index (χ2n) is 7.32. The number of rotatable bonds is 9. The molecule has 0 spiro atoms. The molecular formula is C25H28O4. The number of unbranched alkanes of at least 4 members (excludes halogenated alkanes) is 5. The van der Waals surface area contributed by atoms with Crippen molar-refractivity contribution in [2.45, 2.75) is 45.4 Å². The van der Waals surface area contributed by atoms with E-state index in [1.165, 1.54) is 25.3 Å². The molecule has 0 aliphatic carbocycles. The van der Waals surface area contributed by atoms with Crippen LogP contribution in [0.1, 0.15) is 55.8 Å². The van der Waals surface area contributed by atoms with Gasteiger partial charge in [0, 0.05) is 10.8 Å². The second-order valence-corrected chi connectivity index (χ2v) is 7.32. The first-order valence-corrected chi connectivity index (χ1v) is 10.3. The van der Waals surface area contributed by atoms with Gasteiger partial charge in [-0.15, -0.1) is 0 Å². The standard InChI is InChI=1S/C25H28O4/c1-2-3-4-5-6-10-15-29-25(28)22-17-23(26)21-16-19(13-14-20(21)24(22)27)18-11-8-7-9-12-18/h7-9,11-14,16-17,26-27H,2-6,10,15H2,1H3. The van der Waals surface area contributed by atoms with Crippen molar-refractivity contribution in [1.82, 2.24) is 0 Å². The molecule has 29 heavy (non-hydrogen) atoms. The monoisotopic (exact) mass is 392 g/mol. The van der Waals surface area contributed by atoms with Gasteiger partial charge in [0.15, 0.2) is 0 Å². The molecule has 0 amide bonds. The number of phenolic OH excluding ortho intramolecular Hbond substituents is 2. The van der Waals surface area contributed by atoms with E-state index in [2.05, 4.69) is 6.92 Å². The third-order valence-electron chi connectivity index (χ3n) is 5.14. The predicted molar refractivity (Wildman–Crippen MR) is 116 cm³/mol. The van der Waals surface area contributed by atoms with Crippen molar-refractivity contribution in [3.8, 4) is 22.6 Å². The quantitative estimate of drug-likeness (QED) is 0.250. The number of esters is 1. The van der Waals surface area contributed by atoms with E-state index >= 15 is 0 Å². The van der Waals surface area contributed by atoms with Crippen molar-refractivity contribution in [2.24, 2.45) is 0 Å². The Bertz CT molecular complexity index is 963. The first-order valence-electron chi connectivity index (χ1n) is 10.3. The molecule has 0 aliphatic rings. The molecule has 3 aromatic rings. The van der Waals surface area contributed by atoms with Gasteiger partial charge in [0.1, 0.15) is 17.1 Å². The zero-order valence-electron chi connectivity index (χ0n) is 16.9. The van der Waals surface area contributed by atoms with Crippen LogP contribution in [0.15, 0.2) is 54.6 Å². The predicted octanol–water partition coefficient (Wildman–Crippen LogP) is 6.44. The van der Waals surface area contributed by atoms with Crippen LogP contribution < -0.4 is 0 Å². The van der Waals surface area contributed by atoms with Crippen LogP contribution in [-0.4, -0.2) is 22.8 Å². The molecule has 0 heterocycles. The molecule has 0 atom stereocenters. The Hall–Kier alpha value is -3.01. The minimum absolute atomic E-state index is 0.00607. The Morgan fingerprint density at radius 1 is 0.828 bits per heavy atom. The summed E-state index contributed by atoms with van der Waals surface area (Å²) in [5.74, 6) is -0.826. The van der Waals surface area contributed by atoms with Gasteiger partial charge >= 0.3 is 5.97 Å². The Labute approximate surface area is 171 Å². The summed E-state index contributed by atoms with van der Waals surface area (Å²) in [4.78, 5) is 12.4. The first-order chi connectivity index (χ1) is 14.1. The number of carbonyl (C=O) groups is 1. The molecule has 0 unspecified atom stereocenters. The van der Waals surface area contributed by atoms with E-state index in [1.54, 1.807) is 6.07 Å². The molecule has 0 aromatic heterocycles. The van der Waals surface area contributed by atoms with Crippen molar-refractivity contribution in [2.75, 3.05) is 6.61 Å². The van der Waals surface area contributed by atoms with E-state index in [0.29, 0.717) is 17.4 Å². The summed E-state index contributed by atoms with van der Waals surface area (Å²) in [5, 5.41) is 22.0. The molecule has 0 saturated carbocycles. The van der Waals surface area contributed by atoms with Crippen molar-refractivity contribution < 1.29 is 19.7 Å². The molecule has 152 valence electrons. The Balaban J connectivity index is 1.73. The normalized spacial score (nSPS) is 10.9. The van der Waals surface area contributed by atoms with Crippen molar-refractivity contribution in [3.63, 3.8) is 0 Å². The lowest BCUT2D eigenvalue weighted by molar-refractivity contribution is 0.0494. The number of phenols is 2. The third-order valence-corrected chi connectivity index (χ3v) is 5.14. The van der Waals surface area contributed by atoms with Gasteiger partial charge in [0.05, 0.1) is 6.61 Å². The maximum Gasteiger partial charge on any atom is 0.342 e. The minimum atomic E-state index is -0.611. The average molecular weight is 392 g/mol. The Morgan fingerprint density at radius 2 is 1.55 bits per heavy atom. The molecule has 0 saturated heterocycles. The van der Waals surface area contributed by atoms with E-state index in [4.69, 9.17) is 4.74 Å². The maximum absolute atomic E-state index is 12.4. The highest BCUT2D eigenvalue weighted by Crippen LogP contribution is 2.38. The zero-order chi connectivity index (χ0) is 20.6. The zero-order valence-corrected chi connectivity index (χ0v) is 16.9. The highest BCUT2D eigenvalue weighted by molar-refractivity contribution is 6.04. The van der Waals surface area contributed by atoms with Crippen LogP contribution in [0.2, 0.25) is 0 Å². The molecule has 3 aromatic carbocycles. The molecular weight excluding hydrogens is 364 g/mol. The van der Waals surface area contributed by atoms with Crippen LogP contribution in [0.3, 0.4) is 0 Å². The fourth-order valence-corrected chi connectivity index (χ4v) is 3.48. The summed E-state index contributed by atoms with van der Waals surface area (Å²) in [7, 11) is 0. The fraction of sp³-hybridized carbons (Fsp3) is 0.320. The smallest absolute Gasteiger partial charge is 0.342 e. The summed E-state index contributed by atoms with van der Waals surface area (Å²) in [6, 6.07) is 16.5. The van der Waals surface area contributed by atoms with E-state index in [-0.39, 0.29) is 17.1 Å². The third kappa shape index (κ3) is 5.08. The fourth-order valence-electron chi connectivity index (χ4n) is 3.48. The largest absolute Gasteiger partial charge is 0.507 e. The Morgan fingerprint density at radius 3 is 2.31 bits per heavy atom. The van der Waals surface area contributed by atoms with E-state index in [0.717, 1.165) is 30.4 Å². The first kappa shape index (κ1) is 20.7. The number of fused-ring (bicyclic) bond motifs is 1. The van der Waals surface area contributed by atoms with E-state index in [9.17, 15) is 15.0 Å². The average Bonchev–Trinajstić information content (AvgIpc) is 2.75. The van der Waals surface area contributed by atoms with Gasteiger partial charge in [-0.3, -0.25) is 0 Å². The van der Waals surface area contributed by atoms with Crippen LogP contribution in [0.5, 0.6) is 11.5 Å². The summed E-state index contributed by atoms with van der Waals surface area (Å²) in [6.45, 7) is 2.49. The van der Waals surface area contributed by atoms with E-state index in [1.807, 2.05) is 42.5 Å². The molecule has 4 heteroatoms. The summed E-state index contributed by atoms with van der Waals surface area (Å²) < 4.78 is 5.30. The van der Waals surface area contributed by atoms with Crippen molar-refractivity contribution >= 4 is 16.7 Å². The van der Waals surface area contributed by atoms with Crippen LogP contribution in [0.25, 0.3) is 21.9 Å². The number of ether oxygens (including phenoxy) is 1. The SMILES string of the molecule is CCCCCCCCOC(=O)c1cc(O)c2cc(-c3ccccc3)ccc2c1O. The second kappa shape index (κ2) is 9.97. The molecule has 3 rings (SSSR count). The van der Waals surface area contributed by atoms with Crippen LogP contribution >= 0.6 is 0 Å². The molecule has 4 nitrogen and oxygen atoms in total. The summed E-state index contributed by atoms with van der Waals surface area (Å²) >= 11 is 0.